The van der Waals surface area contributed by atoms with Gasteiger partial charge in [-0.3, -0.25) is 0 Å². The van der Waals surface area contributed by atoms with Gasteiger partial charge in [0.05, 0.1) is 0 Å². The molecule has 3 aliphatic rings. The molecule has 24 heavy (non-hydrogen) atoms. The lowest BCUT2D eigenvalue weighted by atomic mass is 9.73. The molecule has 0 fully saturated rings. The van der Waals surface area contributed by atoms with Crippen molar-refractivity contribution in [3.05, 3.63) is 41.2 Å². The Kier molecular flexibility index (Phi) is 4.86. The normalized spacial score (nSPS) is 24.1. The van der Waals surface area contributed by atoms with Gasteiger partial charge in [0.2, 0.25) is 0 Å². The Labute approximate surface area is 143 Å². The monoisotopic (exact) mass is 329 g/mol. The number of nitrogens with one attached hydrogen (secondary N) is 1. The van der Waals surface area contributed by atoms with Crippen LogP contribution in [0.1, 0.15) is 50.2 Å². The summed E-state index contributed by atoms with van der Waals surface area (Å²) in [5, 5.41) is 21.7. The molecular weight excluding hydrogens is 302 g/mol. The average molecular weight is 329 g/mol. The quantitative estimate of drug-likeness (QED) is 0.627. The zero-order valence-electron chi connectivity index (χ0n) is 14.6. The third-order valence-electron chi connectivity index (χ3n) is 5.06. The predicted octanol–water partition coefficient (Wildman–Crippen LogP) is 4.09. The lowest BCUT2D eigenvalue weighted by Crippen LogP contribution is -2.26. The summed E-state index contributed by atoms with van der Waals surface area (Å²) in [7, 11) is 0. The summed E-state index contributed by atoms with van der Waals surface area (Å²) < 4.78 is 5.96. The molecule has 2 atom stereocenters. The molecule has 0 spiro atoms. The highest BCUT2D eigenvalue weighted by atomic mass is 16.5. The average Bonchev–Trinajstić information content (AvgIpc) is 2.55. The van der Waals surface area contributed by atoms with Gasteiger partial charge in [0, 0.05) is 47.9 Å². The Morgan fingerprint density at radius 3 is 2.88 bits per heavy atom. The molecule has 0 saturated carbocycles. The Morgan fingerprint density at radius 1 is 1.38 bits per heavy atom. The zero-order valence-corrected chi connectivity index (χ0v) is 14.6. The van der Waals surface area contributed by atoms with Crippen LogP contribution in [0.2, 0.25) is 0 Å². The van der Waals surface area contributed by atoms with Crippen molar-refractivity contribution in [3.8, 4) is 11.5 Å². The van der Waals surface area contributed by atoms with Gasteiger partial charge in [-0.25, -0.2) is 0 Å². The summed E-state index contributed by atoms with van der Waals surface area (Å²) in [6.45, 7) is 9.17. The summed E-state index contributed by atoms with van der Waals surface area (Å²) >= 11 is 0. The van der Waals surface area contributed by atoms with E-state index in [1.54, 1.807) is 6.92 Å². The minimum atomic E-state index is 0.210. The van der Waals surface area contributed by atoms with E-state index in [1.165, 1.54) is 5.57 Å². The third kappa shape index (κ3) is 2.91. The van der Waals surface area contributed by atoms with Crippen LogP contribution in [-0.2, 0) is 6.42 Å². The van der Waals surface area contributed by atoms with Crippen molar-refractivity contribution < 1.29 is 14.9 Å². The van der Waals surface area contributed by atoms with Crippen molar-refractivity contribution in [1.82, 2.24) is 0 Å². The largest absolute Gasteiger partial charge is 0.507 e. The number of allylic oxidation sites excluding steroid dienone is 3. The highest BCUT2D eigenvalue weighted by molar-refractivity contribution is 5.68. The minimum Gasteiger partial charge on any atom is -0.507 e. The molecule has 3 N–H and O–H groups in total. The summed E-state index contributed by atoms with van der Waals surface area (Å²) in [4.78, 5) is 0. The molecule has 1 aromatic carbocycles. The van der Waals surface area contributed by atoms with Crippen molar-refractivity contribution in [2.75, 3.05) is 18.5 Å². The van der Waals surface area contributed by atoms with Crippen LogP contribution >= 0.6 is 0 Å². The van der Waals surface area contributed by atoms with Crippen molar-refractivity contribution in [2.45, 2.75) is 45.4 Å². The fraction of sp³-hybridized carbons (Fsp3) is 0.500. The number of aromatic hydroxyl groups is 1. The van der Waals surface area contributed by atoms with Gasteiger partial charge >= 0.3 is 0 Å². The molecule has 0 amide bonds. The topological polar surface area (TPSA) is 61.7 Å². The van der Waals surface area contributed by atoms with E-state index < -0.39 is 0 Å². The van der Waals surface area contributed by atoms with Crippen molar-refractivity contribution in [3.63, 3.8) is 0 Å². The van der Waals surface area contributed by atoms with Crippen LogP contribution in [0.5, 0.6) is 11.5 Å². The van der Waals surface area contributed by atoms with E-state index in [0.29, 0.717) is 11.7 Å². The second-order valence-electron chi connectivity index (χ2n) is 6.76. The Morgan fingerprint density at radius 2 is 2.12 bits per heavy atom. The molecule has 2 aliphatic heterocycles. The number of hydrogen-bond acceptors (Lipinski definition) is 4. The standard InChI is InChI=1S/C18H21NO2.C2H6O/c1-10-5-6-12-11(2)21-16-9-15-13(4-3-7-19-15)18(20)17(16)14(12)8-10;1-2-3/h8-9,12,14,19-20H,2-7H2,1H3;3H,2H2,1H3. The van der Waals surface area contributed by atoms with Gasteiger partial charge in [-0.2, -0.15) is 0 Å². The van der Waals surface area contributed by atoms with E-state index in [0.717, 1.165) is 60.6 Å². The first-order valence-corrected chi connectivity index (χ1v) is 8.84. The van der Waals surface area contributed by atoms with Gasteiger partial charge in [-0.15, -0.1) is 0 Å². The third-order valence-corrected chi connectivity index (χ3v) is 5.06. The van der Waals surface area contributed by atoms with Crippen molar-refractivity contribution >= 4 is 5.69 Å². The fourth-order valence-electron chi connectivity index (χ4n) is 3.94. The van der Waals surface area contributed by atoms with E-state index in [4.69, 9.17) is 9.84 Å². The number of phenolic OH excluding ortho intramolecular Hbond substituents is 1. The van der Waals surface area contributed by atoms with Crippen LogP contribution in [0.15, 0.2) is 30.1 Å². The first-order valence-electron chi connectivity index (χ1n) is 8.84. The van der Waals surface area contributed by atoms with Crippen LogP contribution in [0.25, 0.3) is 0 Å². The number of anilines is 1. The van der Waals surface area contributed by atoms with Gasteiger partial charge in [0.1, 0.15) is 17.3 Å². The summed E-state index contributed by atoms with van der Waals surface area (Å²) in [6, 6.07) is 2.04. The maximum atomic E-state index is 10.8. The smallest absolute Gasteiger partial charge is 0.136 e. The van der Waals surface area contributed by atoms with E-state index in [1.807, 2.05) is 6.07 Å². The van der Waals surface area contributed by atoms with E-state index in [2.05, 4.69) is 24.9 Å². The molecule has 4 heteroatoms. The molecule has 2 unspecified atom stereocenters. The van der Waals surface area contributed by atoms with Crippen LogP contribution < -0.4 is 10.1 Å². The predicted molar refractivity (Wildman–Crippen MR) is 96.7 cm³/mol. The SMILES string of the molecule is C=C1Oc2cc3c(c(O)c2C2C=C(C)CCC12)CCCN3.CCO. The van der Waals surface area contributed by atoms with Crippen LogP contribution in [-0.4, -0.2) is 23.4 Å². The first kappa shape index (κ1) is 16.9. The number of fused-ring (bicyclic) bond motifs is 4. The molecule has 130 valence electrons. The molecule has 4 rings (SSSR count). The van der Waals surface area contributed by atoms with Gasteiger partial charge in [-0.05, 0) is 39.5 Å². The molecule has 1 aromatic rings. The van der Waals surface area contributed by atoms with Crippen molar-refractivity contribution in [1.29, 1.82) is 0 Å². The number of benzene rings is 1. The Hall–Kier alpha value is -1.94. The van der Waals surface area contributed by atoms with E-state index in [-0.39, 0.29) is 12.5 Å². The number of phenols is 1. The van der Waals surface area contributed by atoms with E-state index in [9.17, 15) is 5.11 Å². The van der Waals surface area contributed by atoms with Crippen LogP contribution in [0, 0.1) is 5.92 Å². The summed E-state index contributed by atoms with van der Waals surface area (Å²) in [5.74, 6) is 2.55. The van der Waals surface area contributed by atoms with Crippen LogP contribution in [0.4, 0.5) is 5.69 Å². The number of ether oxygens (including phenoxy) is 1. The fourth-order valence-corrected chi connectivity index (χ4v) is 3.94. The molecule has 0 aromatic heterocycles. The second kappa shape index (κ2) is 6.89. The molecule has 0 bridgehead atoms. The van der Waals surface area contributed by atoms with Gasteiger partial charge < -0.3 is 20.3 Å². The number of aliphatic hydroxyl groups excluding tert-OH is 1. The molecule has 4 nitrogen and oxygen atoms in total. The van der Waals surface area contributed by atoms with Gasteiger partial charge in [-0.1, -0.05) is 18.2 Å². The first-order chi connectivity index (χ1) is 11.6. The lowest BCUT2D eigenvalue weighted by molar-refractivity contribution is 0.274. The molecular formula is C20H27NO3. The number of hydrogen-bond donors (Lipinski definition) is 3. The number of aliphatic hydroxyl groups is 1. The Balaban J connectivity index is 0.000000526. The van der Waals surface area contributed by atoms with Crippen LogP contribution in [0.3, 0.4) is 0 Å². The molecule has 0 saturated heterocycles. The molecule has 2 heterocycles. The van der Waals surface area contributed by atoms with E-state index >= 15 is 0 Å². The molecule has 0 radical (unpaired) electrons. The highest BCUT2D eigenvalue weighted by Gasteiger charge is 2.38. The lowest BCUT2D eigenvalue weighted by Gasteiger charge is -2.38. The van der Waals surface area contributed by atoms with Gasteiger partial charge in [0.15, 0.2) is 0 Å². The van der Waals surface area contributed by atoms with Gasteiger partial charge in [0.25, 0.3) is 0 Å². The summed E-state index contributed by atoms with van der Waals surface area (Å²) in [5.41, 5.74) is 4.42. The zero-order chi connectivity index (χ0) is 17.3. The maximum absolute atomic E-state index is 10.8. The summed E-state index contributed by atoms with van der Waals surface area (Å²) in [6.07, 6.45) is 6.44. The minimum absolute atomic E-state index is 0.210. The highest BCUT2D eigenvalue weighted by Crippen LogP contribution is 2.53. The maximum Gasteiger partial charge on any atom is 0.136 e. The number of rotatable bonds is 0. The molecule has 1 aliphatic carbocycles. The Bertz CT molecular complexity index is 678. The van der Waals surface area contributed by atoms with Crippen molar-refractivity contribution in [2.24, 2.45) is 5.92 Å². The second-order valence-corrected chi connectivity index (χ2v) is 6.76.